The highest BCUT2D eigenvalue weighted by atomic mass is 35.5. The summed E-state index contributed by atoms with van der Waals surface area (Å²) in [7, 11) is -3.98. The average molecular weight is 564 g/mol. The molecular formula is C22H25ClF3N5O5S. The number of H-pyrrole nitrogens is 1. The summed E-state index contributed by atoms with van der Waals surface area (Å²) < 4.78 is 71.3. The summed E-state index contributed by atoms with van der Waals surface area (Å²) in [6.45, 7) is 0.893. The Hall–Kier alpha value is -2.84. The Balaban J connectivity index is 1.22. The van der Waals surface area contributed by atoms with Crippen LogP contribution in [0.2, 0.25) is 5.02 Å². The van der Waals surface area contributed by atoms with E-state index in [-0.39, 0.29) is 16.0 Å². The fraction of sp³-hybridized carbons (Fsp3) is 0.500. The number of benzene rings is 1. The van der Waals surface area contributed by atoms with Crippen molar-refractivity contribution >= 4 is 33.4 Å². The normalized spacial score (nSPS) is 22.6. The van der Waals surface area contributed by atoms with Crippen molar-refractivity contribution in [2.24, 2.45) is 0 Å². The first-order chi connectivity index (χ1) is 17.4. The third kappa shape index (κ3) is 6.73. The number of hydrogen-bond donors (Lipinski definition) is 3. The highest BCUT2D eigenvalue weighted by Gasteiger charge is 2.32. The quantitative estimate of drug-likeness (QED) is 0.492. The number of carbonyl (C=O) groups is 1. The number of carbonyl (C=O) groups excluding carboxylic acids is 1. The first kappa shape index (κ1) is 27.2. The summed E-state index contributed by atoms with van der Waals surface area (Å²) in [5.74, 6) is 0. The molecule has 15 heteroatoms. The van der Waals surface area contributed by atoms with Crippen LogP contribution in [-0.2, 0) is 20.9 Å². The molecule has 2 aromatic rings. The van der Waals surface area contributed by atoms with Gasteiger partial charge in [0.2, 0.25) is 10.0 Å². The maximum absolute atomic E-state index is 12.7. The zero-order valence-corrected chi connectivity index (χ0v) is 21.0. The molecule has 2 heterocycles. The van der Waals surface area contributed by atoms with E-state index in [1.165, 1.54) is 6.20 Å². The number of sulfonamides is 1. The van der Waals surface area contributed by atoms with Crippen molar-refractivity contribution in [2.75, 3.05) is 18.0 Å². The van der Waals surface area contributed by atoms with Crippen LogP contribution in [0.5, 0.6) is 0 Å². The van der Waals surface area contributed by atoms with E-state index in [2.05, 4.69) is 20.2 Å². The van der Waals surface area contributed by atoms with Gasteiger partial charge in [-0.25, -0.2) is 23.0 Å². The molecule has 1 amide bonds. The minimum absolute atomic E-state index is 0.0193. The van der Waals surface area contributed by atoms with Gasteiger partial charge in [-0.1, -0.05) is 11.6 Å². The third-order valence-electron chi connectivity index (χ3n) is 6.40. The maximum atomic E-state index is 12.7. The molecule has 1 aromatic heterocycles. The van der Waals surface area contributed by atoms with Gasteiger partial charge >= 0.3 is 12.3 Å². The summed E-state index contributed by atoms with van der Waals surface area (Å²) in [6.07, 6.45) is -1.66. The zero-order valence-electron chi connectivity index (χ0n) is 19.4. The Morgan fingerprint density at radius 1 is 1.11 bits per heavy atom. The average Bonchev–Trinajstić information content (AvgIpc) is 3.29. The monoisotopic (exact) mass is 563 g/mol. The van der Waals surface area contributed by atoms with E-state index in [4.69, 9.17) is 16.3 Å². The second-order valence-electron chi connectivity index (χ2n) is 9.00. The second kappa shape index (κ2) is 10.9. The highest BCUT2D eigenvalue weighted by molar-refractivity contribution is 7.89. The number of nitrogens with one attached hydrogen (secondary N) is 3. The Labute approximate surface area is 215 Å². The fourth-order valence-electron chi connectivity index (χ4n) is 4.46. The molecule has 10 nitrogen and oxygen atoms in total. The van der Waals surface area contributed by atoms with Crippen LogP contribution < -0.4 is 20.5 Å². The molecule has 1 aromatic carbocycles. The van der Waals surface area contributed by atoms with Crippen molar-refractivity contribution in [3.63, 3.8) is 0 Å². The van der Waals surface area contributed by atoms with Gasteiger partial charge in [0.15, 0.2) is 0 Å². The van der Waals surface area contributed by atoms with E-state index in [1.807, 2.05) is 4.90 Å². The number of aromatic amines is 1. The number of anilines is 1. The van der Waals surface area contributed by atoms with E-state index in [9.17, 15) is 31.2 Å². The lowest BCUT2D eigenvalue weighted by atomic mass is 9.92. The van der Waals surface area contributed by atoms with Crippen LogP contribution in [0.25, 0.3) is 0 Å². The highest BCUT2D eigenvalue weighted by Crippen LogP contribution is 2.30. The first-order valence-corrected chi connectivity index (χ1v) is 13.4. The second-order valence-corrected chi connectivity index (χ2v) is 11.1. The summed E-state index contributed by atoms with van der Waals surface area (Å²) in [6, 6.07) is 2.71. The number of nitrogens with zero attached hydrogens (tertiary/aromatic N) is 2. The molecule has 37 heavy (non-hydrogen) atoms. The van der Waals surface area contributed by atoms with Crippen LogP contribution in [0.4, 0.5) is 23.7 Å². The van der Waals surface area contributed by atoms with Crippen LogP contribution in [0.3, 0.4) is 0 Å². The van der Waals surface area contributed by atoms with Crippen LogP contribution in [-0.4, -0.2) is 56.0 Å². The SMILES string of the molecule is O=C(N[C@H]1CC[C@H](NS(=O)(=O)c2ccc(C(F)(F)F)cc2)CC1)O[C@@H]1CCN(c2cn[nH]c(=O)c2Cl)C1. The topological polar surface area (TPSA) is 133 Å². The zero-order chi connectivity index (χ0) is 26.8. The Morgan fingerprint density at radius 2 is 1.76 bits per heavy atom. The van der Waals surface area contributed by atoms with Crippen molar-refractivity contribution in [1.29, 1.82) is 0 Å². The Bertz CT molecular complexity index is 1280. The molecule has 3 N–H and O–H groups in total. The van der Waals surface area contributed by atoms with Gasteiger partial charge < -0.3 is 15.0 Å². The number of alkyl carbamates (subject to hydrolysis) is 1. The molecule has 1 aliphatic heterocycles. The molecule has 1 aliphatic carbocycles. The van der Waals surface area contributed by atoms with Crippen molar-refractivity contribution in [3.8, 4) is 0 Å². The molecule has 0 unspecified atom stereocenters. The predicted molar refractivity (Wildman–Crippen MR) is 128 cm³/mol. The number of halogens is 4. The third-order valence-corrected chi connectivity index (χ3v) is 8.30. The maximum Gasteiger partial charge on any atom is 0.416 e. The molecule has 1 saturated carbocycles. The number of amides is 1. The molecule has 0 radical (unpaired) electrons. The van der Waals surface area contributed by atoms with Crippen LogP contribution in [0, 0.1) is 0 Å². The van der Waals surface area contributed by atoms with Gasteiger partial charge in [0.25, 0.3) is 5.56 Å². The van der Waals surface area contributed by atoms with Crippen molar-refractivity contribution in [2.45, 2.75) is 61.4 Å². The number of rotatable bonds is 6. The smallest absolute Gasteiger partial charge is 0.416 e. The summed E-state index contributed by atoms with van der Waals surface area (Å²) in [5.41, 5.74) is -0.959. The molecule has 0 bridgehead atoms. The van der Waals surface area contributed by atoms with Crippen molar-refractivity contribution in [3.05, 3.63) is 51.4 Å². The molecular weight excluding hydrogens is 539 g/mol. The Morgan fingerprint density at radius 3 is 2.41 bits per heavy atom. The number of ether oxygens (including phenoxy) is 1. The van der Waals surface area contributed by atoms with Crippen LogP contribution in [0.15, 0.2) is 40.2 Å². The van der Waals surface area contributed by atoms with E-state index in [0.717, 1.165) is 24.3 Å². The van der Waals surface area contributed by atoms with Gasteiger partial charge in [-0.05, 0) is 49.9 Å². The minimum Gasteiger partial charge on any atom is -0.444 e. The lowest BCUT2D eigenvalue weighted by Crippen LogP contribution is -2.44. The van der Waals surface area contributed by atoms with Crippen molar-refractivity contribution in [1.82, 2.24) is 20.2 Å². The molecule has 0 spiro atoms. The summed E-state index contributed by atoms with van der Waals surface area (Å²) >= 11 is 6.04. The van der Waals surface area contributed by atoms with Crippen LogP contribution >= 0.6 is 11.6 Å². The number of hydrogen-bond acceptors (Lipinski definition) is 7. The van der Waals surface area contributed by atoms with Gasteiger partial charge in [0, 0.05) is 25.0 Å². The molecule has 4 rings (SSSR count). The summed E-state index contributed by atoms with van der Waals surface area (Å²) in [4.78, 5) is 25.6. The summed E-state index contributed by atoms with van der Waals surface area (Å²) in [5, 5.41) is 8.81. The van der Waals surface area contributed by atoms with Gasteiger partial charge in [-0.3, -0.25) is 4.79 Å². The minimum atomic E-state index is -4.55. The molecule has 202 valence electrons. The molecule has 1 atom stereocenters. The largest absolute Gasteiger partial charge is 0.444 e. The van der Waals surface area contributed by atoms with E-state index >= 15 is 0 Å². The lowest BCUT2D eigenvalue weighted by molar-refractivity contribution is -0.137. The van der Waals surface area contributed by atoms with Crippen LogP contribution in [0.1, 0.15) is 37.7 Å². The van der Waals surface area contributed by atoms with E-state index in [0.29, 0.717) is 50.9 Å². The predicted octanol–water partition coefficient (Wildman–Crippen LogP) is 3.04. The fourth-order valence-corrected chi connectivity index (χ4v) is 5.97. The van der Waals surface area contributed by atoms with Gasteiger partial charge in [0.1, 0.15) is 11.1 Å². The number of aromatic nitrogens is 2. The van der Waals surface area contributed by atoms with E-state index in [1.54, 1.807) is 0 Å². The first-order valence-electron chi connectivity index (χ1n) is 11.6. The molecule has 2 aliphatic rings. The van der Waals surface area contributed by atoms with Gasteiger partial charge in [-0.2, -0.15) is 18.3 Å². The van der Waals surface area contributed by atoms with E-state index < -0.39 is 45.6 Å². The van der Waals surface area contributed by atoms with Gasteiger partial charge in [-0.15, -0.1) is 0 Å². The standard InChI is InChI=1S/C22H25ClF3N5O5S/c23-19-18(11-27-29-20(19)32)31-10-9-16(12-31)36-21(33)28-14-3-5-15(6-4-14)30-37(34,35)17-7-1-13(2-8-17)22(24,25)26/h1-2,7-8,11,14-16,30H,3-6,9-10,12H2,(H,28,33)(H,29,32)/t14-,15-,16-/m1/s1. The number of alkyl halides is 3. The molecule has 1 saturated heterocycles. The van der Waals surface area contributed by atoms with Gasteiger partial charge in [0.05, 0.1) is 28.9 Å². The molecule has 2 fully saturated rings. The Kier molecular flexibility index (Phi) is 7.99. The lowest BCUT2D eigenvalue weighted by Gasteiger charge is -2.29. The van der Waals surface area contributed by atoms with Crippen molar-refractivity contribution < 1.29 is 31.1 Å².